The molecule has 1 rings (SSSR count). The Balaban J connectivity index is 2.95. The number of hydrogen-bond donors (Lipinski definition) is 3. The average molecular weight is 318 g/mol. The summed E-state index contributed by atoms with van der Waals surface area (Å²) in [4.78, 5) is 0. The fraction of sp³-hybridized carbons (Fsp3) is 0.667. The molecule has 1 aromatic heterocycles. The van der Waals surface area contributed by atoms with Crippen molar-refractivity contribution < 1.29 is 26.0 Å². The zero-order valence-corrected chi connectivity index (χ0v) is 11.5. The summed E-state index contributed by atoms with van der Waals surface area (Å²) in [6, 6.07) is 0. The summed E-state index contributed by atoms with van der Waals surface area (Å²) in [5.74, 6) is -4.44. The highest BCUT2D eigenvalue weighted by Crippen LogP contribution is 2.23. The molecular weight excluding hydrogens is 304 g/mol. The van der Waals surface area contributed by atoms with E-state index in [1.807, 2.05) is 0 Å². The summed E-state index contributed by atoms with van der Waals surface area (Å²) in [6.07, 6.45) is -3.96. The van der Waals surface area contributed by atoms with Gasteiger partial charge < -0.3 is 5.32 Å². The molecule has 0 bridgehead atoms. The second kappa shape index (κ2) is 6.06. The summed E-state index contributed by atoms with van der Waals surface area (Å²) in [6.45, 7) is -0.0197. The molecule has 0 aliphatic carbocycles. The van der Waals surface area contributed by atoms with Gasteiger partial charge in [0.1, 0.15) is 0 Å². The van der Waals surface area contributed by atoms with Gasteiger partial charge in [-0.15, -0.1) is 0 Å². The molecule has 0 amide bonds. The number of nitrogens with zero attached hydrogens (tertiary/aromatic N) is 1. The van der Waals surface area contributed by atoms with E-state index in [1.165, 1.54) is 4.72 Å². The molecule has 0 aliphatic rings. The van der Waals surface area contributed by atoms with E-state index in [2.05, 4.69) is 15.5 Å². The van der Waals surface area contributed by atoms with E-state index in [9.17, 15) is 26.0 Å². The third-order valence-corrected chi connectivity index (χ3v) is 3.83. The second-order valence-electron chi connectivity index (χ2n) is 4.05. The standard InChI is InChI=1S/C9H14F4N4O2S/c1-5-6(3-14-2)7(17-16-5)20(18,19)15-4-9(12,13)8(10)11/h8,14-15H,3-4H2,1-2H3,(H,16,17). The first-order valence-electron chi connectivity index (χ1n) is 5.46. The SMILES string of the molecule is CNCc1c(S(=O)(=O)NCC(F)(F)C(F)F)n[nH]c1C. The Morgan fingerprint density at radius 3 is 2.50 bits per heavy atom. The Hall–Kier alpha value is -1.20. The van der Waals surface area contributed by atoms with Gasteiger partial charge in [-0.2, -0.15) is 13.9 Å². The van der Waals surface area contributed by atoms with Gasteiger partial charge in [0.2, 0.25) is 0 Å². The maximum atomic E-state index is 12.7. The number of aryl methyl sites for hydroxylation is 1. The minimum atomic E-state index is -4.44. The van der Waals surface area contributed by atoms with Crippen LogP contribution in [-0.2, 0) is 16.6 Å². The van der Waals surface area contributed by atoms with Crippen LogP contribution in [0, 0.1) is 6.92 Å². The third-order valence-electron chi connectivity index (χ3n) is 2.46. The fourth-order valence-corrected chi connectivity index (χ4v) is 2.61. The molecule has 0 spiro atoms. The number of sulfonamides is 1. The number of halogens is 4. The fourth-order valence-electron chi connectivity index (χ4n) is 1.37. The lowest BCUT2D eigenvalue weighted by atomic mass is 10.3. The maximum absolute atomic E-state index is 12.7. The largest absolute Gasteiger partial charge is 0.320 e. The Morgan fingerprint density at radius 1 is 1.40 bits per heavy atom. The molecule has 20 heavy (non-hydrogen) atoms. The van der Waals surface area contributed by atoms with Crippen LogP contribution in [0.5, 0.6) is 0 Å². The highest BCUT2D eigenvalue weighted by molar-refractivity contribution is 7.89. The first-order chi connectivity index (χ1) is 9.12. The van der Waals surface area contributed by atoms with Crippen molar-refractivity contribution in [2.75, 3.05) is 13.6 Å². The number of H-pyrrole nitrogens is 1. The van der Waals surface area contributed by atoms with Crippen LogP contribution < -0.4 is 10.0 Å². The van der Waals surface area contributed by atoms with Gasteiger partial charge in [-0.3, -0.25) is 5.10 Å². The number of hydrogen-bond acceptors (Lipinski definition) is 4. The molecule has 0 saturated carbocycles. The van der Waals surface area contributed by atoms with Crippen molar-refractivity contribution in [3.63, 3.8) is 0 Å². The average Bonchev–Trinajstić information content (AvgIpc) is 2.70. The minimum Gasteiger partial charge on any atom is -0.316 e. The topological polar surface area (TPSA) is 86.9 Å². The highest BCUT2D eigenvalue weighted by Gasteiger charge is 2.42. The summed E-state index contributed by atoms with van der Waals surface area (Å²) in [7, 11) is -2.85. The zero-order chi connectivity index (χ0) is 15.6. The lowest BCUT2D eigenvalue weighted by molar-refractivity contribution is -0.122. The monoisotopic (exact) mass is 318 g/mol. The van der Waals surface area contributed by atoms with Crippen molar-refractivity contribution >= 4 is 10.0 Å². The van der Waals surface area contributed by atoms with Crippen molar-refractivity contribution in [1.29, 1.82) is 0 Å². The molecule has 0 unspecified atom stereocenters. The maximum Gasteiger partial charge on any atom is 0.320 e. The lowest BCUT2D eigenvalue weighted by Crippen LogP contribution is -2.41. The van der Waals surface area contributed by atoms with Gasteiger partial charge in [-0.05, 0) is 14.0 Å². The minimum absolute atomic E-state index is 0.129. The molecule has 0 fully saturated rings. The predicted octanol–water partition coefficient (Wildman–Crippen LogP) is 0.616. The summed E-state index contributed by atoms with van der Waals surface area (Å²) < 4.78 is 74.5. The van der Waals surface area contributed by atoms with E-state index in [0.717, 1.165) is 0 Å². The number of rotatable bonds is 7. The van der Waals surface area contributed by atoms with Gasteiger partial charge in [-0.1, -0.05) is 0 Å². The normalized spacial score (nSPS) is 13.2. The Kier molecular flexibility index (Phi) is 5.10. The number of alkyl halides is 4. The van der Waals surface area contributed by atoms with Gasteiger partial charge in [0.05, 0.1) is 6.54 Å². The van der Waals surface area contributed by atoms with Crippen LogP contribution in [0.1, 0.15) is 11.3 Å². The van der Waals surface area contributed by atoms with Crippen LogP contribution in [0.2, 0.25) is 0 Å². The van der Waals surface area contributed by atoms with Gasteiger partial charge in [-0.25, -0.2) is 21.9 Å². The van der Waals surface area contributed by atoms with Crippen LogP contribution in [-0.4, -0.2) is 44.6 Å². The highest BCUT2D eigenvalue weighted by atomic mass is 32.2. The van der Waals surface area contributed by atoms with Gasteiger partial charge in [0.15, 0.2) is 5.03 Å². The van der Waals surface area contributed by atoms with E-state index in [-0.39, 0.29) is 12.1 Å². The molecule has 1 heterocycles. The van der Waals surface area contributed by atoms with Crippen LogP contribution >= 0.6 is 0 Å². The Morgan fingerprint density at radius 2 is 2.00 bits per heavy atom. The van der Waals surface area contributed by atoms with Crippen molar-refractivity contribution in [3.05, 3.63) is 11.3 Å². The lowest BCUT2D eigenvalue weighted by Gasteiger charge is -2.15. The zero-order valence-electron chi connectivity index (χ0n) is 10.7. The van der Waals surface area contributed by atoms with E-state index in [4.69, 9.17) is 0 Å². The molecule has 3 N–H and O–H groups in total. The molecule has 116 valence electrons. The van der Waals surface area contributed by atoms with Crippen LogP contribution in [0.15, 0.2) is 5.03 Å². The van der Waals surface area contributed by atoms with E-state index in [0.29, 0.717) is 5.69 Å². The molecule has 1 aromatic rings. The predicted molar refractivity (Wildman–Crippen MR) is 62.2 cm³/mol. The van der Waals surface area contributed by atoms with Crippen molar-refractivity contribution in [3.8, 4) is 0 Å². The molecule has 0 aliphatic heterocycles. The molecule has 11 heteroatoms. The number of nitrogens with one attached hydrogen (secondary N) is 3. The van der Waals surface area contributed by atoms with Crippen LogP contribution in [0.3, 0.4) is 0 Å². The van der Waals surface area contributed by atoms with E-state index < -0.39 is 33.9 Å². The quantitative estimate of drug-likeness (QED) is 0.643. The summed E-state index contributed by atoms with van der Waals surface area (Å²) >= 11 is 0. The first-order valence-corrected chi connectivity index (χ1v) is 6.94. The Labute approximate surface area is 113 Å². The second-order valence-corrected chi connectivity index (χ2v) is 5.73. The van der Waals surface area contributed by atoms with Gasteiger partial charge in [0.25, 0.3) is 10.0 Å². The van der Waals surface area contributed by atoms with Crippen LogP contribution in [0.4, 0.5) is 17.6 Å². The number of aromatic nitrogens is 2. The van der Waals surface area contributed by atoms with Crippen molar-refractivity contribution in [2.45, 2.75) is 30.8 Å². The Bertz CT molecular complexity index is 558. The van der Waals surface area contributed by atoms with Crippen LogP contribution in [0.25, 0.3) is 0 Å². The summed E-state index contributed by atoms with van der Waals surface area (Å²) in [5, 5.41) is 8.11. The molecular formula is C9H14F4N4O2S. The van der Waals surface area contributed by atoms with E-state index in [1.54, 1.807) is 14.0 Å². The van der Waals surface area contributed by atoms with Crippen molar-refractivity contribution in [2.24, 2.45) is 0 Å². The van der Waals surface area contributed by atoms with Crippen molar-refractivity contribution in [1.82, 2.24) is 20.2 Å². The van der Waals surface area contributed by atoms with Gasteiger partial charge in [0, 0.05) is 17.8 Å². The third kappa shape index (κ3) is 3.67. The summed E-state index contributed by atoms with van der Waals surface area (Å²) in [5.41, 5.74) is 0.681. The first kappa shape index (κ1) is 16.9. The molecule has 0 atom stereocenters. The smallest absolute Gasteiger partial charge is 0.316 e. The molecule has 0 aromatic carbocycles. The molecule has 0 saturated heterocycles. The molecule has 0 radical (unpaired) electrons. The molecule has 6 nitrogen and oxygen atoms in total. The number of aromatic amines is 1. The van der Waals surface area contributed by atoms with Gasteiger partial charge >= 0.3 is 12.3 Å². The van der Waals surface area contributed by atoms with E-state index >= 15 is 0 Å².